The molecule has 19 atom stereocenters. The maximum Gasteiger partial charge on any atom is 0.330 e. The lowest BCUT2D eigenvalue weighted by molar-refractivity contribution is -0.273. The number of esters is 3. The number of H-pyrrole nitrogens is 1. The molecule has 0 bridgehead atoms. The fourth-order valence-electron chi connectivity index (χ4n) is 11.0. The van der Waals surface area contributed by atoms with Gasteiger partial charge < -0.3 is 78.8 Å². The summed E-state index contributed by atoms with van der Waals surface area (Å²) >= 11 is 0. The second-order valence-corrected chi connectivity index (χ2v) is 22.1. The molecule has 0 saturated carbocycles. The smallest absolute Gasteiger partial charge is 0.330 e. The van der Waals surface area contributed by atoms with Crippen LogP contribution in [0.4, 0.5) is 0 Å². The number of unbranched alkanes of at least 4 members (excludes halogenated alkanes) is 7. The van der Waals surface area contributed by atoms with E-state index in [-0.39, 0.29) is 37.8 Å². The number of likely N-dealkylation sites (N-methyl/N-ethyl adjacent to an activating group) is 2. The van der Waals surface area contributed by atoms with Crippen LogP contribution >= 0.6 is 0 Å². The maximum atomic E-state index is 14.7. The Hall–Kier alpha value is -4.45. The van der Waals surface area contributed by atoms with Crippen molar-refractivity contribution in [2.75, 3.05) is 41.4 Å². The van der Waals surface area contributed by atoms with Crippen LogP contribution in [0.3, 0.4) is 0 Å². The molecule has 79 heavy (non-hydrogen) atoms. The third kappa shape index (κ3) is 17.3. The topological polar surface area (TPSA) is 357 Å². The van der Waals surface area contributed by atoms with Gasteiger partial charge in [-0.1, -0.05) is 79.1 Å². The lowest BCUT2D eigenvalue weighted by Crippen LogP contribution is -2.59. The highest BCUT2D eigenvalue weighted by molar-refractivity contribution is 5.88. The minimum absolute atomic E-state index is 0.164. The Bertz CT molecular complexity index is 2250. The Morgan fingerprint density at radius 3 is 1.95 bits per heavy atom. The summed E-state index contributed by atoms with van der Waals surface area (Å²) in [5.41, 5.74) is 3.95. The second kappa shape index (κ2) is 30.6. The molecular weight excluding hydrogens is 1040 g/mol. The summed E-state index contributed by atoms with van der Waals surface area (Å²) in [6, 6.07) is -2.59. The van der Waals surface area contributed by atoms with Crippen LogP contribution in [0.2, 0.25) is 0 Å². The van der Waals surface area contributed by atoms with Crippen molar-refractivity contribution in [1.29, 1.82) is 0 Å². The minimum Gasteiger partial charge on any atom is -0.480 e. The van der Waals surface area contributed by atoms with Gasteiger partial charge in [0, 0.05) is 65.4 Å². The highest BCUT2D eigenvalue weighted by atomic mass is 16.7. The second-order valence-electron chi connectivity index (χ2n) is 22.1. The molecule has 0 spiro atoms. The van der Waals surface area contributed by atoms with E-state index in [4.69, 9.17) is 48.4 Å². The number of amides is 1. The van der Waals surface area contributed by atoms with Gasteiger partial charge in [0.15, 0.2) is 18.6 Å². The number of nitrogens with one attached hydrogen (secondary N) is 1. The summed E-state index contributed by atoms with van der Waals surface area (Å²) < 4.78 is 53.3. The molecule has 4 saturated heterocycles. The van der Waals surface area contributed by atoms with E-state index in [1.165, 1.54) is 31.9 Å². The number of carboxylic acids is 1. The Balaban J connectivity index is 1.32. The number of rotatable bonds is 29. The molecule has 4 aliphatic heterocycles. The Morgan fingerprint density at radius 2 is 1.37 bits per heavy atom. The van der Waals surface area contributed by atoms with Crippen LogP contribution in [-0.4, -0.2) is 214 Å². The van der Waals surface area contributed by atoms with Crippen molar-refractivity contribution < 1.29 is 92.1 Å². The number of nitrogens with zero attached hydrogens (tertiary/aromatic N) is 3. The predicted octanol–water partition coefficient (Wildman–Crippen LogP) is 0.313. The Kier molecular flexibility index (Phi) is 25.3. The van der Waals surface area contributed by atoms with Gasteiger partial charge in [-0.25, -0.2) is 9.59 Å². The first kappa shape index (κ1) is 65.4. The van der Waals surface area contributed by atoms with E-state index in [2.05, 4.69) is 13.8 Å². The van der Waals surface area contributed by atoms with E-state index < -0.39 is 158 Å². The van der Waals surface area contributed by atoms with Crippen molar-refractivity contribution in [2.24, 2.45) is 23.5 Å². The number of aromatic amines is 1. The van der Waals surface area contributed by atoms with Gasteiger partial charge in [0.1, 0.15) is 67.1 Å². The number of aliphatic hydroxyl groups is 4. The summed E-state index contributed by atoms with van der Waals surface area (Å²) in [5, 5.41) is 55.2. The molecule has 4 aliphatic rings. The molecule has 1 aromatic rings. The summed E-state index contributed by atoms with van der Waals surface area (Å²) in [4.78, 5) is 97.5. The van der Waals surface area contributed by atoms with Gasteiger partial charge in [-0.15, -0.1) is 0 Å². The highest BCUT2D eigenvalue weighted by Crippen LogP contribution is 2.37. The van der Waals surface area contributed by atoms with Crippen molar-refractivity contribution in [1.82, 2.24) is 19.4 Å². The molecule has 15 unspecified atom stereocenters. The first-order valence-corrected chi connectivity index (χ1v) is 27.6. The van der Waals surface area contributed by atoms with Crippen LogP contribution in [0.25, 0.3) is 0 Å². The minimum atomic E-state index is -1.96. The van der Waals surface area contributed by atoms with Crippen LogP contribution in [0.1, 0.15) is 124 Å². The molecule has 8 N–H and O–H groups in total. The van der Waals surface area contributed by atoms with Crippen LogP contribution < -0.4 is 17.0 Å². The lowest BCUT2D eigenvalue weighted by Gasteiger charge is -2.42. The van der Waals surface area contributed by atoms with E-state index >= 15 is 0 Å². The van der Waals surface area contributed by atoms with Gasteiger partial charge in [0.2, 0.25) is 12.2 Å². The molecule has 5 rings (SSSR count). The van der Waals surface area contributed by atoms with E-state index in [0.29, 0.717) is 12.3 Å². The zero-order chi connectivity index (χ0) is 58.4. The number of aliphatic carboxylic acids is 1. The molecule has 5 heterocycles. The van der Waals surface area contributed by atoms with E-state index in [1.807, 2.05) is 11.9 Å². The van der Waals surface area contributed by atoms with Gasteiger partial charge >= 0.3 is 29.6 Å². The van der Waals surface area contributed by atoms with E-state index in [1.54, 1.807) is 21.0 Å². The van der Waals surface area contributed by atoms with Crippen molar-refractivity contribution in [3.8, 4) is 0 Å². The number of ether oxygens (including phenoxy) is 9. The molecule has 0 aromatic carbocycles. The average Bonchev–Trinajstić information content (AvgIpc) is 3.98. The van der Waals surface area contributed by atoms with Crippen LogP contribution in [0, 0.1) is 17.8 Å². The molecule has 26 heteroatoms. The van der Waals surface area contributed by atoms with E-state index in [0.717, 1.165) is 67.3 Å². The first-order chi connectivity index (χ1) is 37.4. The normalized spacial score (nSPS) is 32.6. The zero-order valence-corrected chi connectivity index (χ0v) is 47.0. The first-order valence-electron chi connectivity index (χ1n) is 27.6. The van der Waals surface area contributed by atoms with Crippen LogP contribution in [-0.2, 0) is 66.6 Å². The van der Waals surface area contributed by atoms with Gasteiger partial charge in [0.25, 0.3) is 5.56 Å². The SMILES string of the molecule is COC1C(C)OC(OC(=O)CC(C)CC(=O)OC(CCCCCCCCCCC(C)C)CC(=O)O[C@H]2CN(C)[C@@H]([C@H](OC3OC(CN)C(O)C3O)C3OC(n4ccc(=O)[nH]c4=O)C(O)C3O)C(=O)N(C)[C@@H]2C(=O)O)C(C)C1OC. The third-order valence-corrected chi connectivity index (χ3v) is 15.4. The standard InChI is InChI=1S/C53H87N5O21/c1-27(2)18-16-14-12-10-11-13-15-17-19-31(74-35(60)22-28(3)23-36(61)77-51-29(4)44(71-8)45(72-9)30(5)73-51)24-37(62)75-33-26-56(6)39(48(67)57(7)38(33)50(68)69)46(79-52-43(66)40(63)32(25-54)76-52)47-41(64)42(65)49(78-47)58-21-20-34(59)55-53(58)70/h20-21,27-33,38-47,49,51-52,63-66H,10-19,22-26,54H2,1-9H3,(H,68,69)(H,55,59,70)/t28?,29?,30?,31?,32?,33-,38-,39-,40?,41?,42?,43?,44?,45?,46-,47?,49?,51?,52?/m0/s1. The molecule has 1 amide bonds. The Labute approximate surface area is 460 Å². The number of methoxy groups -OCH3 is 2. The molecule has 1 aromatic heterocycles. The maximum absolute atomic E-state index is 14.7. The molecule has 0 radical (unpaired) electrons. The van der Waals surface area contributed by atoms with Gasteiger partial charge in [0.05, 0.1) is 18.6 Å². The van der Waals surface area contributed by atoms with Crippen molar-refractivity contribution in [2.45, 2.75) is 222 Å². The molecular formula is C53H87N5O21. The molecule has 0 aliphatic carbocycles. The number of nitrogens with two attached hydrogens (primary N) is 1. The number of carbonyl (C=O) groups excluding carboxylic acids is 4. The number of hydrogen-bond donors (Lipinski definition) is 7. The van der Waals surface area contributed by atoms with Crippen molar-refractivity contribution >= 4 is 29.8 Å². The van der Waals surface area contributed by atoms with Gasteiger partial charge in [-0.3, -0.25) is 38.4 Å². The summed E-state index contributed by atoms with van der Waals surface area (Å²) in [6.07, 6.45) is -10.9. The zero-order valence-electron chi connectivity index (χ0n) is 47.0. The number of carboxylic acid groups (broad SMARTS) is 1. The highest BCUT2D eigenvalue weighted by Gasteiger charge is 2.57. The van der Waals surface area contributed by atoms with Crippen LogP contribution in [0.15, 0.2) is 21.9 Å². The number of hydrogen-bond acceptors (Lipinski definition) is 22. The fraction of sp³-hybridized carbons (Fsp3) is 0.830. The predicted molar refractivity (Wildman–Crippen MR) is 277 cm³/mol. The van der Waals surface area contributed by atoms with Crippen molar-refractivity contribution in [3.63, 3.8) is 0 Å². The van der Waals surface area contributed by atoms with Crippen molar-refractivity contribution in [3.05, 3.63) is 33.1 Å². The van der Waals surface area contributed by atoms with Gasteiger partial charge in [-0.2, -0.15) is 0 Å². The molecule has 450 valence electrons. The number of carbonyl (C=O) groups is 5. The largest absolute Gasteiger partial charge is 0.480 e. The van der Waals surface area contributed by atoms with Gasteiger partial charge in [-0.05, 0) is 38.6 Å². The van der Waals surface area contributed by atoms with E-state index in [9.17, 15) is 59.1 Å². The average molecular weight is 1130 g/mol. The summed E-state index contributed by atoms with van der Waals surface area (Å²) in [5.74, 6) is -5.13. The van der Waals surface area contributed by atoms with Crippen LogP contribution in [0.5, 0.6) is 0 Å². The molecule has 4 fully saturated rings. The molecule has 26 nitrogen and oxygen atoms in total. The number of aliphatic hydroxyl groups excluding tert-OH is 4. The summed E-state index contributed by atoms with van der Waals surface area (Å²) in [6.45, 7) is 8.91. The third-order valence-electron chi connectivity index (χ3n) is 15.4. The monoisotopic (exact) mass is 1130 g/mol. The summed E-state index contributed by atoms with van der Waals surface area (Å²) in [7, 11) is 5.57. The Morgan fingerprint density at radius 1 is 0.759 bits per heavy atom. The fourth-order valence-corrected chi connectivity index (χ4v) is 11.0. The quantitative estimate of drug-likeness (QED) is 0.0322. The lowest BCUT2D eigenvalue weighted by atomic mass is 9.92. The number of aromatic nitrogens is 2.